The summed E-state index contributed by atoms with van der Waals surface area (Å²) in [5, 5.41) is 3.99. The summed E-state index contributed by atoms with van der Waals surface area (Å²) in [6, 6.07) is 5.16. The molecule has 2 saturated heterocycles. The Balaban J connectivity index is 1.37. The predicted octanol–water partition coefficient (Wildman–Crippen LogP) is 6.22. The van der Waals surface area contributed by atoms with Gasteiger partial charge < -0.3 is 15.0 Å². The highest BCUT2D eigenvalue weighted by Gasteiger charge is 2.57. The smallest absolute Gasteiger partial charge is 0.410 e. The van der Waals surface area contributed by atoms with Crippen molar-refractivity contribution in [2.45, 2.75) is 82.0 Å². The topological polar surface area (TPSA) is 79.0 Å². The molecule has 5 rings (SSSR count). The molecule has 0 unspecified atom stereocenters. The Hall–Kier alpha value is -2.04. The molecule has 232 valence electrons. The second-order valence-corrected chi connectivity index (χ2v) is 13.5. The number of ether oxygens (including phenoxy) is 1. The van der Waals surface area contributed by atoms with Crippen LogP contribution in [0.1, 0.15) is 69.8 Å². The number of likely N-dealkylation sites (tertiary alicyclic amines) is 1. The van der Waals surface area contributed by atoms with Gasteiger partial charge in [0.25, 0.3) is 0 Å². The number of alkyl halides is 3. The lowest BCUT2D eigenvalue weighted by Crippen LogP contribution is -2.62. The van der Waals surface area contributed by atoms with Crippen LogP contribution in [0.5, 0.6) is 0 Å². The standard InChI is InChI=1S/C30H38Cl2F3N3O4/c1-28(11-12-28)26(40)38-13-9-18(10-14-38)25(39)29(17-36-16-22(29)19-3-8-23(31)24(32)15-19)37(2)27(41)42-21-6-4-20(5-7-21)30(33,34)35/h3,8,15,18,20-22,36H,4-7,9-14,16-17H2,1-2H3/t20?,21?,22-,29+/m0/s1. The minimum atomic E-state index is -4.26. The first-order valence-electron chi connectivity index (χ1n) is 14.8. The van der Waals surface area contributed by atoms with Gasteiger partial charge >= 0.3 is 12.3 Å². The molecule has 2 aliphatic carbocycles. The zero-order valence-corrected chi connectivity index (χ0v) is 25.5. The van der Waals surface area contributed by atoms with E-state index in [-0.39, 0.29) is 55.3 Å². The van der Waals surface area contributed by atoms with Crippen molar-refractivity contribution in [3.05, 3.63) is 33.8 Å². The molecule has 0 radical (unpaired) electrons. The highest BCUT2D eigenvalue weighted by molar-refractivity contribution is 6.42. The zero-order chi connectivity index (χ0) is 30.4. The quantitative estimate of drug-likeness (QED) is 0.403. The summed E-state index contributed by atoms with van der Waals surface area (Å²) in [6.45, 7) is 3.50. The van der Waals surface area contributed by atoms with Crippen molar-refractivity contribution in [1.29, 1.82) is 0 Å². The highest BCUT2D eigenvalue weighted by Crippen LogP contribution is 2.48. The monoisotopic (exact) mass is 631 g/mol. The Morgan fingerprint density at radius 2 is 1.67 bits per heavy atom. The van der Waals surface area contributed by atoms with E-state index in [2.05, 4.69) is 5.32 Å². The molecule has 1 aromatic carbocycles. The Labute approximate surface area is 254 Å². The molecule has 1 N–H and O–H groups in total. The molecule has 0 spiro atoms. The zero-order valence-electron chi connectivity index (χ0n) is 23.9. The number of amides is 2. The second kappa shape index (κ2) is 11.8. The number of carbonyl (C=O) groups excluding carboxylic acids is 3. The second-order valence-electron chi connectivity index (χ2n) is 12.7. The summed E-state index contributed by atoms with van der Waals surface area (Å²) in [5.41, 5.74) is -0.867. The van der Waals surface area contributed by atoms with Crippen molar-refractivity contribution in [3.63, 3.8) is 0 Å². The van der Waals surface area contributed by atoms with Crippen LogP contribution in [0, 0.1) is 17.3 Å². The third-order valence-electron chi connectivity index (χ3n) is 10.0. The van der Waals surface area contributed by atoms with Crippen LogP contribution in [0.25, 0.3) is 0 Å². The Morgan fingerprint density at radius 3 is 2.24 bits per heavy atom. The summed E-state index contributed by atoms with van der Waals surface area (Å²) in [7, 11) is 1.53. The van der Waals surface area contributed by atoms with Crippen molar-refractivity contribution in [2.75, 3.05) is 33.2 Å². The fraction of sp³-hybridized carbons (Fsp3) is 0.700. The van der Waals surface area contributed by atoms with E-state index < -0.39 is 35.7 Å². The summed E-state index contributed by atoms with van der Waals surface area (Å²) in [6.07, 6.45) is -2.87. The predicted molar refractivity (Wildman–Crippen MR) is 153 cm³/mol. The van der Waals surface area contributed by atoms with Crippen LogP contribution in [-0.4, -0.2) is 78.6 Å². The normalized spacial score (nSPS) is 29.7. The maximum absolute atomic E-state index is 14.6. The fourth-order valence-electron chi connectivity index (χ4n) is 6.97. The van der Waals surface area contributed by atoms with Gasteiger partial charge in [0.2, 0.25) is 5.91 Å². The van der Waals surface area contributed by atoms with Crippen LogP contribution in [0.3, 0.4) is 0 Å². The molecule has 4 aliphatic rings. The van der Waals surface area contributed by atoms with Gasteiger partial charge in [-0.2, -0.15) is 13.2 Å². The number of hydrogen-bond donors (Lipinski definition) is 1. The van der Waals surface area contributed by atoms with Crippen LogP contribution in [-0.2, 0) is 14.3 Å². The average Bonchev–Trinajstić information content (AvgIpc) is 3.56. The first-order valence-corrected chi connectivity index (χ1v) is 15.5. The number of carbonyl (C=O) groups is 3. The first kappa shape index (κ1) is 31.4. The Bertz CT molecular complexity index is 1210. The number of likely N-dealkylation sites (N-methyl/N-ethyl adjacent to an activating group) is 1. The summed E-state index contributed by atoms with van der Waals surface area (Å²) < 4.78 is 45.2. The van der Waals surface area contributed by atoms with Crippen LogP contribution in [0.4, 0.5) is 18.0 Å². The van der Waals surface area contributed by atoms with Crippen molar-refractivity contribution < 1.29 is 32.3 Å². The number of halogens is 5. The van der Waals surface area contributed by atoms with Crippen molar-refractivity contribution in [2.24, 2.45) is 17.3 Å². The Morgan fingerprint density at radius 1 is 1.02 bits per heavy atom. The molecule has 4 fully saturated rings. The van der Waals surface area contributed by atoms with E-state index in [1.807, 2.05) is 11.8 Å². The lowest BCUT2D eigenvalue weighted by molar-refractivity contribution is -0.186. The van der Waals surface area contributed by atoms with Gasteiger partial charge in [-0.25, -0.2) is 4.79 Å². The number of nitrogens with zero attached hydrogens (tertiary/aromatic N) is 2. The molecule has 2 heterocycles. The van der Waals surface area contributed by atoms with Gasteiger partial charge in [-0.05, 0) is 69.1 Å². The maximum atomic E-state index is 14.6. The summed E-state index contributed by atoms with van der Waals surface area (Å²) in [4.78, 5) is 44.3. The number of rotatable bonds is 6. The molecule has 2 saturated carbocycles. The molecule has 1 aromatic rings. The molecular weight excluding hydrogens is 594 g/mol. The molecule has 2 aliphatic heterocycles. The van der Waals surface area contributed by atoms with E-state index in [1.54, 1.807) is 18.2 Å². The van der Waals surface area contributed by atoms with E-state index in [4.69, 9.17) is 27.9 Å². The molecule has 2 amide bonds. The summed E-state index contributed by atoms with van der Waals surface area (Å²) in [5.74, 6) is -2.22. The molecule has 12 heteroatoms. The van der Waals surface area contributed by atoms with E-state index in [0.717, 1.165) is 18.4 Å². The van der Waals surface area contributed by atoms with E-state index >= 15 is 0 Å². The van der Waals surface area contributed by atoms with E-state index in [1.165, 1.54) is 11.9 Å². The lowest BCUT2D eigenvalue weighted by Gasteiger charge is -2.45. The van der Waals surface area contributed by atoms with Gasteiger partial charge in [-0.15, -0.1) is 0 Å². The van der Waals surface area contributed by atoms with E-state index in [9.17, 15) is 27.6 Å². The van der Waals surface area contributed by atoms with Gasteiger partial charge in [-0.3, -0.25) is 14.5 Å². The van der Waals surface area contributed by atoms with Gasteiger partial charge in [0.05, 0.1) is 16.0 Å². The minimum absolute atomic E-state index is 0.0982. The first-order chi connectivity index (χ1) is 19.8. The van der Waals surface area contributed by atoms with Gasteiger partial charge in [0, 0.05) is 50.5 Å². The molecule has 0 bridgehead atoms. The van der Waals surface area contributed by atoms with Crippen LogP contribution >= 0.6 is 23.2 Å². The van der Waals surface area contributed by atoms with Crippen molar-refractivity contribution in [1.82, 2.24) is 15.1 Å². The van der Waals surface area contributed by atoms with Crippen LogP contribution < -0.4 is 5.32 Å². The maximum Gasteiger partial charge on any atom is 0.410 e. The number of ketones is 1. The molecule has 7 nitrogen and oxygen atoms in total. The average molecular weight is 633 g/mol. The lowest BCUT2D eigenvalue weighted by atomic mass is 9.72. The number of hydrogen-bond acceptors (Lipinski definition) is 5. The molecule has 2 atom stereocenters. The van der Waals surface area contributed by atoms with Gasteiger partial charge in [-0.1, -0.05) is 36.2 Å². The van der Waals surface area contributed by atoms with Gasteiger partial charge in [0.15, 0.2) is 5.78 Å². The Kier molecular flexibility index (Phi) is 8.82. The number of Topliss-reactive ketones (excluding diaryl/α,β-unsaturated/α-hetero) is 1. The third-order valence-corrected chi connectivity index (χ3v) is 10.8. The molecule has 42 heavy (non-hydrogen) atoms. The molecule has 0 aromatic heterocycles. The van der Waals surface area contributed by atoms with Crippen LogP contribution in [0.15, 0.2) is 18.2 Å². The SMILES string of the molecule is CN(C(=O)OC1CCC(C(F)(F)F)CC1)[C@]1(C(=O)C2CCN(C(=O)C3(C)CC3)CC2)CNC[C@H]1c1ccc(Cl)c(Cl)c1. The fourth-order valence-corrected chi connectivity index (χ4v) is 7.28. The summed E-state index contributed by atoms with van der Waals surface area (Å²) >= 11 is 12.5. The number of nitrogens with one attached hydrogen (secondary N) is 1. The number of piperidine rings is 1. The highest BCUT2D eigenvalue weighted by atomic mass is 35.5. The minimum Gasteiger partial charge on any atom is -0.446 e. The third kappa shape index (κ3) is 6.00. The van der Waals surface area contributed by atoms with Gasteiger partial charge in [0.1, 0.15) is 11.6 Å². The van der Waals surface area contributed by atoms with E-state index in [0.29, 0.717) is 42.5 Å². The largest absolute Gasteiger partial charge is 0.446 e. The number of benzene rings is 1. The van der Waals surface area contributed by atoms with Crippen LogP contribution in [0.2, 0.25) is 10.0 Å². The molecular formula is C30H38Cl2F3N3O4. The van der Waals surface area contributed by atoms with Crippen molar-refractivity contribution in [3.8, 4) is 0 Å². The van der Waals surface area contributed by atoms with Crippen molar-refractivity contribution >= 4 is 41.0 Å².